The van der Waals surface area contributed by atoms with Gasteiger partial charge in [0.15, 0.2) is 0 Å². The van der Waals surface area contributed by atoms with Gasteiger partial charge in [-0.25, -0.2) is 0 Å². The van der Waals surface area contributed by atoms with Gasteiger partial charge < -0.3 is 29.7 Å². The summed E-state index contributed by atoms with van der Waals surface area (Å²) in [6.45, 7) is 3.17. The SMILES string of the molecule is Cc1ccc(OCCOc2ccc(C)nc2[N+](=O)[O-])c([N+](=O)[O-])n1. The Balaban J connectivity index is 1.99. The second-order valence-electron chi connectivity index (χ2n) is 4.76. The van der Waals surface area contributed by atoms with Gasteiger partial charge in [-0.05, 0) is 44.1 Å². The quantitative estimate of drug-likeness (QED) is 0.428. The number of hydrogen-bond donors (Lipinski definition) is 0. The van der Waals surface area contributed by atoms with Gasteiger partial charge in [0.1, 0.15) is 24.6 Å². The fourth-order valence-electron chi connectivity index (χ4n) is 1.85. The molecule has 126 valence electrons. The lowest BCUT2D eigenvalue weighted by molar-refractivity contribution is -0.391. The number of aryl methyl sites for hydroxylation is 2. The van der Waals surface area contributed by atoms with Gasteiger partial charge in [0, 0.05) is 13.8 Å². The van der Waals surface area contributed by atoms with Gasteiger partial charge in [0.05, 0.1) is 0 Å². The van der Waals surface area contributed by atoms with Crippen molar-refractivity contribution in [1.82, 2.24) is 9.97 Å². The molecule has 0 unspecified atom stereocenters. The zero-order chi connectivity index (χ0) is 17.7. The highest BCUT2D eigenvalue weighted by Crippen LogP contribution is 2.26. The number of nitrogens with zero attached hydrogens (tertiary/aromatic N) is 4. The molecule has 0 aliphatic rings. The summed E-state index contributed by atoms with van der Waals surface area (Å²) in [7, 11) is 0. The smallest absolute Gasteiger partial charge is 0.406 e. The lowest BCUT2D eigenvalue weighted by Gasteiger charge is -2.08. The average Bonchev–Trinajstić information content (AvgIpc) is 2.53. The number of pyridine rings is 2. The van der Waals surface area contributed by atoms with E-state index in [1.807, 2.05) is 0 Å². The van der Waals surface area contributed by atoms with Crippen molar-refractivity contribution in [3.8, 4) is 11.5 Å². The highest BCUT2D eigenvalue weighted by Gasteiger charge is 2.19. The van der Waals surface area contributed by atoms with Crippen LogP contribution in [0, 0.1) is 34.1 Å². The molecule has 0 spiro atoms. The van der Waals surface area contributed by atoms with E-state index < -0.39 is 21.5 Å². The fourth-order valence-corrected chi connectivity index (χ4v) is 1.85. The second-order valence-corrected chi connectivity index (χ2v) is 4.76. The molecule has 24 heavy (non-hydrogen) atoms. The molecule has 2 heterocycles. The molecule has 10 heteroatoms. The van der Waals surface area contributed by atoms with E-state index >= 15 is 0 Å². The normalized spacial score (nSPS) is 10.2. The van der Waals surface area contributed by atoms with Gasteiger partial charge in [0.25, 0.3) is 0 Å². The number of aromatic nitrogens is 2. The van der Waals surface area contributed by atoms with Crippen molar-refractivity contribution in [2.75, 3.05) is 13.2 Å². The minimum Gasteiger partial charge on any atom is -0.482 e. The van der Waals surface area contributed by atoms with Crippen LogP contribution in [0.2, 0.25) is 0 Å². The van der Waals surface area contributed by atoms with E-state index in [1.54, 1.807) is 26.0 Å². The Bertz CT molecular complexity index is 714. The molecule has 0 amide bonds. The van der Waals surface area contributed by atoms with Gasteiger partial charge in [-0.1, -0.05) is 0 Å². The first-order valence-electron chi connectivity index (χ1n) is 6.88. The summed E-state index contributed by atoms with van der Waals surface area (Å²) in [4.78, 5) is 28.2. The van der Waals surface area contributed by atoms with Crippen LogP contribution in [-0.4, -0.2) is 33.0 Å². The Morgan fingerprint density at radius 1 is 0.833 bits per heavy atom. The summed E-state index contributed by atoms with van der Waals surface area (Å²) in [5, 5.41) is 21.9. The summed E-state index contributed by atoms with van der Waals surface area (Å²) in [5.74, 6) is -0.771. The Labute approximate surface area is 136 Å². The fraction of sp³-hybridized carbons (Fsp3) is 0.286. The van der Waals surface area contributed by atoms with Crippen molar-refractivity contribution in [1.29, 1.82) is 0 Å². The van der Waals surface area contributed by atoms with E-state index in [1.165, 1.54) is 12.1 Å². The zero-order valence-electron chi connectivity index (χ0n) is 13.0. The van der Waals surface area contributed by atoms with E-state index in [0.29, 0.717) is 11.4 Å². The predicted molar refractivity (Wildman–Crippen MR) is 82.2 cm³/mol. The Morgan fingerprint density at radius 3 is 1.54 bits per heavy atom. The molecule has 2 aromatic rings. The Kier molecular flexibility index (Phi) is 5.20. The van der Waals surface area contributed by atoms with E-state index in [9.17, 15) is 20.2 Å². The van der Waals surface area contributed by atoms with Crippen molar-refractivity contribution in [2.24, 2.45) is 0 Å². The minimum absolute atomic E-state index is 0.00531. The van der Waals surface area contributed by atoms with Crippen LogP contribution in [0.25, 0.3) is 0 Å². The van der Waals surface area contributed by atoms with Gasteiger partial charge in [-0.2, -0.15) is 0 Å². The first-order valence-corrected chi connectivity index (χ1v) is 6.88. The summed E-state index contributed by atoms with van der Waals surface area (Å²) < 4.78 is 10.6. The zero-order valence-corrected chi connectivity index (χ0v) is 13.0. The standard InChI is InChI=1S/C14H14N4O6/c1-9-3-5-11(13(15-9)17(19)20)23-7-8-24-12-6-4-10(2)16-14(12)18(21)22/h3-6H,7-8H2,1-2H3. The molecule has 0 fully saturated rings. The molecule has 0 atom stereocenters. The molecule has 0 N–H and O–H groups in total. The summed E-state index contributed by atoms with van der Waals surface area (Å²) in [6.07, 6.45) is 0. The van der Waals surface area contributed by atoms with Crippen molar-refractivity contribution in [3.05, 3.63) is 55.9 Å². The topological polar surface area (TPSA) is 131 Å². The summed E-state index contributed by atoms with van der Waals surface area (Å²) >= 11 is 0. The van der Waals surface area contributed by atoms with Gasteiger partial charge in [-0.3, -0.25) is 0 Å². The van der Waals surface area contributed by atoms with Crippen LogP contribution in [0.5, 0.6) is 11.5 Å². The molecular weight excluding hydrogens is 320 g/mol. The lowest BCUT2D eigenvalue weighted by atomic mass is 10.3. The number of hydrogen-bond acceptors (Lipinski definition) is 8. The molecule has 10 nitrogen and oxygen atoms in total. The third-order valence-electron chi connectivity index (χ3n) is 2.90. The second kappa shape index (κ2) is 7.31. The molecule has 0 saturated heterocycles. The van der Waals surface area contributed by atoms with E-state index in [0.717, 1.165) is 0 Å². The van der Waals surface area contributed by atoms with Crippen molar-refractivity contribution in [2.45, 2.75) is 13.8 Å². The van der Waals surface area contributed by atoms with Gasteiger partial charge in [0.2, 0.25) is 11.5 Å². The third-order valence-corrected chi connectivity index (χ3v) is 2.90. The predicted octanol–water partition coefficient (Wildman–Crippen LogP) is 2.37. The maximum atomic E-state index is 10.9. The molecule has 0 bridgehead atoms. The molecule has 0 aliphatic carbocycles. The molecular formula is C14H14N4O6. The van der Waals surface area contributed by atoms with Crippen LogP contribution < -0.4 is 9.47 Å². The molecule has 0 radical (unpaired) electrons. The highest BCUT2D eigenvalue weighted by molar-refractivity contribution is 5.41. The Morgan fingerprint density at radius 2 is 1.21 bits per heavy atom. The van der Waals surface area contributed by atoms with Crippen LogP contribution in [0.15, 0.2) is 24.3 Å². The first kappa shape index (κ1) is 17.1. The Hall–Kier alpha value is -3.30. The largest absolute Gasteiger partial charge is 0.482 e. The molecule has 0 aromatic carbocycles. The van der Waals surface area contributed by atoms with Crippen LogP contribution in [0.4, 0.5) is 11.6 Å². The molecule has 2 aromatic heterocycles. The molecule has 2 rings (SSSR count). The van der Waals surface area contributed by atoms with Gasteiger partial charge >= 0.3 is 11.6 Å². The maximum absolute atomic E-state index is 10.9. The third kappa shape index (κ3) is 4.12. The van der Waals surface area contributed by atoms with Crippen LogP contribution >= 0.6 is 0 Å². The van der Waals surface area contributed by atoms with Crippen molar-refractivity contribution < 1.29 is 19.3 Å². The maximum Gasteiger partial charge on any atom is 0.406 e. The molecule has 0 aliphatic heterocycles. The summed E-state index contributed by atoms with van der Waals surface area (Å²) in [6, 6.07) is 6.04. The number of rotatable bonds is 7. The number of nitro groups is 2. The van der Waals surface area contributed by atoms with Gasteiger partial charge in [-0.15, -0.1) is 0 Å². The minimum atomic E-state index is -0.641. The summed E-state index contributed by atoms with van der Waals surface area (Å²) in [5.41, 5.74) is 0.985. The highest BCUT2D eigenvalue weighted by atomic mass is 16.6. The van der Waals surface area contributed by atoms with E-state index in [-0.39, 0.29) is 24.7 Å². The number of ether oxygens (including phenoxy) is 2. The average molecular weight is 334 g/mol. The van der Waals surface area contributed by atoms with Crippen LogP contribution in [0.1, 0.15) is 11.4 Å². The van der Waals surface area contributed by atoms with Crippen molar-refractivity contribution in [3.63, 3.8) is 0 Å². The first-order chi connectivity index (χ1) is 11.4. The monoisotopic (exact) mass is 334 g/mol. The van der Waals surface area contributed by atoms with Crippen LogP contribution in [0.3, 0.4) is 0 Å². The van der Waals surface area contributed by atoms with E-state index in [2.05, 4.69) is 9.97 Å². The lowest BCUT2D eigenvalue weighted by Crippen LogP contribution is -2.11. The molecule has 0 saturated carbocycles. The van der Waals surface area contributed by atoms with E-state index in [4.69, 9.17) is 9.47 Å². The van der Waals surface area contributed by atoms with Crippen molar-refractivity contribution >= 4 is 11.6 Å². The van der Waals surface area contributed by atoms with Crippen LogP contribution in [-0.2, 0) is 0 Å².